The number of ether oxygens (including phenoxy) is 1. The highest BCUT2D eigenvalue weighted by Crippen LogP contribution is 2.16. The van der Waals surface area contributed by atoms with Crippen LogP contribution in [0.3, 0.4) is 0 Å². The van der Waals surface area contributed by atoms with Crippen molar-refractivity contribution in [3.05, 3.63) is 12.2 Å². The van der Waals surface area contributed by atoms with E-state index in [0.717, 1.165) is 17.1 Å². The van der Waals surface area contributed by atoms with Gasteiger partial charge in [-0.15, -0.1) is 0 Å². The lowest BCUT2D eigenvalue weighted by Crippen LogP contribution is -2.41. The zero-order valence-electron chi connectivity index (χ0n) is 13.2. The highest BCUT2D eigenvalue weighted by atomic mass is 16.5. The summed E-state index contributed by atoms with van der Waals surface area (Å²) in [5.41, 5.74) is -0.375. The van der Waals surface area contributed by atoms with Crippen LogP contribution in [-0.2, 0) is 23.9 Å². The van der Waals surface area contributed by atoms with Gasteiger partial charge in [-0.1, -0.05) is 20.8 Å². The molecule has 0 radical (unpaired) electrons. The number of Topliss-reactive ketones (excluding diaryl/α,β-unsaturated/α-hetero) is 1. The lowest BCUT2D eigenvalue weighted by atomic mass is 9.89. The van der Waals surface area contributed by atoms with Crippen LogP contribution < -0.4 is 5.32 Å². The van der Waals surface area contributed by atoms with Gasteiger partial charge in [-0.25, -0.2) is 0 Å². The fraction of sp³-hybridized carbons (Fsp3) is 0.600. The van der Waals surface area contributed by atoms with Crippen molar-refractivity contribution in [2.75, 3.05) is 26.3 Å². The van der Waals surface area contributed by atoms with E-state index >= 15 is 0 Å². The Morgan fingerprint density at radius 3 is 2.27 bits per heavy atom. The number of ketones is 1. The molecule has 0 bridgehead atoms. The molecule has 0 fully saturated rings. The summed E-state index contributed by atoms with van der Waals surface area (Å²) >= 11 is 0. The van der Waals surface area contributed by atoms with Crippen LogP contribution in [0, 0.1) is 5.41 Å². The predicted molar refractivity (Wildman–Crippen MR) is 78.8 cm³/mol. The molecule has 1 heterocycles. The van der Waals surface area contributed by atoms with E-state index in [1.165, 1.54) is 0 Å². The van der Waals surface area contributed by atoms with Gasteiger partial charge in [0.15, 0.2) is 0 Å². The molecule has 22 heavy (non-hydrogen) atoms. The number of imide groups is 1. The molecule has 0 unspecified atom stereocenters. The van der Waals surface area contributed by atoms with Gasteiger partial charge in [0.2, 0.25) is 5.91 Å². The standard InChI is InChI=1S/C15H22N2O5/c1-15(2,3)11(18)6-8-22-9-7-16-12(19)10-17-13(20)4-5-14(17)21/h4-5H,6-10H2,1-3H3,(H,16,19). The minimum atomic E-state index is -0.489. The molecule has 1 aliphatic rings. The molecule has 1 N–H and O–H groups in total. The van der Waals surface area contributed by atoms with Crippen molar-refractivity contribution < 1.29 is 23.9 Å². The second-order valence-electron chi connectivity index (χ2n) is 5.98. The maximum atomic E-state index is 11.6. The van der Waals surface area contributed by atoms with Crippen LogP contribution >= 0.6 is 0 Å². The van der Waals surface area contributed by atoms with Crippen molar-refractivity contribution in [3.63, 3.8) is 0 Å². The summed E-state index contributed by atoms with van der Waals surface area (Å²) in [5, 5.41) is 2.55. The topological polar surface area (TPSA) is 92.8 Å². The summed E-state index contributed by atoms with van der Waals surface area (Å²) in [4.78, 5) is 46.6. The van der Waals surface area contributed by atoms with E-state index in [1.807, 2.05) is 20.8 Å². The number of rotatable bonds is 8. The SMILES string of the molecule is CC(C)(C)C(=O)CCOCCNC(=O)CN1C(=O)C=CC1=O. The van der Waals surface area contributed by atoms with Crippen LogP contribution in [0.2, 0.25) is 0 Å². The number of nitrogens with one attached hydrogen (secondary N) is 1. The second kappa shape index (κ2) is 7.84. The first-order chi connectivity index (χ1) is 10.2. The highest BCUT2D eigenvalue weighted by Gasteiger charge is 2.25. The lowest BCUT2D eigenvalue weighted by Gasteiger charge is -2.16. The normalized spacial score (nSPS) is 14.6. The molecule has 122 valence electrons. The third-order valence-corrected chi connectivity index (χ3v) is 3.08. The molecule has 0 saturated heterocycles. The van der Waals surface area contributed by atoms with Crippen LogP contribution in [0.5, 0.6) is 0 Å². The molecular formula is C15H22N2O5. The molecule has 0 aromatic rings. The average Bonchev–Trinajstić information content (AvgIpc) is 2.73. The minimum absolute atomic E-state index is 0.120. The molecule has 1 rings (SSSR count). The van der Waals surface area contributed by atoms with Gasteiger partial charge < -0.3 is 10.1 Å². The van der Waals surface area contributed by atoms with Crippen LogP contribution in [0.25, 0.3) is 0 Å². The zero-order chi connectivity index (χ0) is 16.8. The summed E-state index contributed by atoms with van der Waals surface area (Å²) < 4.78 is 5.27. The summed E-state index contributed by atoms with van der Waals surface area (Å²) in [6.07, 6.45) is 2.59. The molecule has 0 atom stereocenters. The van der Waals surface area contributed by atoms with Gasteiger partial charge in [0.05, 0.1) is 13.2 Å². The molecule has 0 aliphatic carbocycles. The molecule has 1 aliphatic heterocycles. The molecule has 0 aromatic heterocycles. The van der Waals surface area contributed by atoms with Crippen LogP contribution in [0.1, 0.15) is 27.2 Å². The molecular weight excluding hydrogens is 288 g/mol. The van der Waals surface area contributed by atoms with Crippen molar-refractivity contribution in [2.45, 2.75) is 27.2 Å². The first kappa shape index (κ1) is 18.0. The van der Waals surface area contributed by atoms with Crippen molar-refractivity contribution in [1.82, 2.24) is 10.2 Å². The van der Waals surface area contributed by atoms with Gasteiger partial charge in [0.25, 0.3) is 11.8 Å². The monoisotopic (exact) mass is 310 g/mol. The first-order valence-electron chi connectivity index (χ1n) is 7.13. The Morgan fingerprint density at radius 1 is 1.14 bits per heavy atom. The van der Waals surface area contributed by atoms with E-state index in [1.54, 1.807) is 0 Å². The van der Waals surface area contributed by atoms with Gasteiger partial charge in [0.1, 0.15) is 12.3 Å². The Morgan fingerprint density at radius 2 is 1.73 bits per heavy atom. The number of hydrogen-bond acceptors (Lipinski definition) is 5. The zero-order valence-corrected chi connectivity index (χ0v) is 13.2. The smallest absolute Gasteiger partial charge is 0.254 e. The van der Waals surface area contributed by atoms with E-state index in [0.29, 0.717) is 13.0 Å². The summed E-state index contributed by atoms with van der Waals surface area (Å²) in [6, 6.07) is 0. The highest BCUT2D eigenvalue weighted by molar-refractivity contribution is 6.14. The second-order valence-corrected chi connectivity index (χ2v) is 5.98. The fourth-order valence-corrected chi connectivity index (χ4v) is 1.69. The number of nitrogens with zero attached hydrogens (tertiary/aromatic N) is 1. The predicted octanol–water partition coefficient (Wildman–Crippen LogP) is 0.0495. The van der Waals surface area contributed by atoms with Crippen molar-refractivity contribution in [1.29, 1.82) is 0 Å². The van der Waals surface area contributed by atoms with E-state index in [9.17, 15) is 19.2 Å². The van der Waals surface area contributed by atoms with Gasteiger partial charge in [-0.3, -0.25) is 24.1 Å². The molecule has 7 heteroatoms. The Balaban J connectivity index is 2.10. The number of carbonyl (C=O) groups is 4. The Bertz CT molecular complexity index is 473. The number of amides is 3. The maximum absolute atomic E-state index is 11.6. The molecule has 3 amide bonds. The third-order valence-electron chi connectivity index (χ3n) is 3.08. The van der Waals surface area contributed by atoms with E-state index in [4.69, 9.17) is 4.74 Å². The van der Waals surface area contributed by atoms with E-state index < -0.39 is 17.7 Å². The number of carbonyl (C=O) groups excluding carboxylic acids is 4. The van der Waals surface area contributed by atoms with Gasteiger partial charge in [-0.05, 0) is 0 Å². The van der Waals surface area contributed by atoms with Crippen molar-refractivity contribution in [3.8, 4) is 0 Å². The largest absolute Gasteiger partial charge is 0.379 e. The molecule has 7 nitrogen and oxygen atoms in total. The average molecular weight is 310 g/mol. The fourth-order valence-electron chi connectivity index (χ4n) is 1.69. The first-order valence-corrected chi connectivity index (χ1v) is 7.13. The quantitative estimate of drug-likeness (QED) is 0.505. The van der Waals surface area contributed by atoms with Gasteiger partial charge >= 0.3 is 0 Å². The maximum Gasteiger partial charge on any atom is 0.254 e. The van der Waals surface area contributed by atoms with Crippen molar-refractivity contribution >= 4 is 23.5 Å². The Kier molecular flexibility index (Phi) is 6.42. The molecule has 0 spiro atoms. The van der Waals surface area contributed by atoms with E-state index in [2.05, 4.69) is 5.32 Å². The lowest BCUT2D eigenvalue weighted by molar-refractivity contribution is -0.141. The van der Waals surface area contributed by atoms with Crippen LogP contribution in [0.15, 0.2) is 12.2 Å². The summed E-state index contributed by atoms with van der Waals surface area (Å²) in [5.74, 6) is -1.29. The summed E-state index contributed by atoms with van der Waals surface area (Å²) in [6.45, 7) is 6.09. The third kappa shape index (κ3) is 5.77. The van der Waals surface area contributed by atoms with Gasteiger partial charge in [-0.2, -0.15) is 0 Å². The Labute approximate surface area is 129 Å². The van der Waals surface area contributed by atoms with Crippen molar-refractivity contribution in [2.24, 2.45) is 5.41 Å². The number of hydrogen-bond donors (Lipinski definition) is 1. The van der Waals surface area contributed by atoms with Crippen LogP contribution in [0.4, 0.5) is 0 Å². The summed E-state index contributed by atoms with van der Waals surface area (Å²) in [7, 11) is 0. The molecule has 0 aromatic carbocycles. The minimum Gasteiger partial charge on any atom is -0.379 e. The Hall–Kier alpha value is -2.02. The van der Waals surface area contributed by atoms with E-state index in [-0.39, 0.29) is 30.9 Å². The molecule has 0 saturated carbocycles. The van der Waals surface area contributed by atoms with Crippen LogP contribution in [-0.4, -0.2) is 54.7 Å². The van der Waals surface area contributed by atoms with Gasteiger partial charge in [0, 0.05) is 30.5 Å².